The predicted molar refractivity (Wildman–Crippen MR) is 149 cm³/mol. The Morgan fingerprint density at radius 3 is 2.34 bits per heavy atom. The highest BCUT2D eigenvalue weighted by molar-refractivity contribution is 7.92. The Morgan fingerprint density at radius 1 is 0.974 bits per heavy atom. The van der Waals surface area contributed by atoms with Gasteiger partial charge in [0.25, 0.3) is 15.9 Å². The molecule has 0 aliphatic carbocycles. The average Bonchev–Trinajstić information content (AvgIpc) is 2.93. The lowest BCUT2D eigenvalue weighted by Crippen LogP contribution is -2.49. The molecule has 8 nitrogen and oxygen atoms in total. The van der Waals surface area contributed by atoms with Gasteiger partial charge in [0.15, 0.2) is 6.61 Å². The third-order valence-electron chi connectivity index (χ3n) is 6.35. The third-order valence-corrected chi connectivity index (χ3v) is 7.73. The van der Waals surface area contributed by atoms with Crippen LogP contribution in [-0.2, 0) is 14.8 Å². The molecule has 1 amide bonds. The molecule has 1 saturated heterocycles. The number of aryl methyl sites for hydroxylation is 1. The molecule has 4 rings (SSSR count). The minimum atomic E-state index is -3.78. The molecule has 0 unspecified atom stereocenters. The van der Waals surface area contributed by atoms with E-state index < -0.39 is 10.0 Å². The molecule has 1 aliphatic heterocycles. The number of piperazine rings is 1. The van der Waals surface area contributed by atoms with E-state index in [4.69, 9.17) is 9.47 Å². The number of rotatable bonds is 10. The van der Waals surface area contributed by atoms with Gasteiger partial charge in [-0.2, -0.15) is 0 Å². The topological polar surface area (TPSA) is 88.2 Å². The normalized spacial score (nSPS) is 14.4. The zero-order chi connectivity index (χ0) is 27.0. The number of ether oxygens (including phenoxy) is 2. The van der Waals surface area contributed by atoms with Gasteiger partial charge in [-0.25, -0.2) is 8.42 Å². The first-order valence-corrected chi connectivity index (χ1v) is 13.9. The molecular weight excluding hydrogens is 502 g/mol. The van der Waals surface area contributed by atoms with Crippen LogP contribution in [0.5, 0.6) is 11.5 Å². The van der Waals surface area contributed by atoms with Crippen LogP contribution < -0.4 is 14.2 Å². The van der Waals surface area contributed by atoms with E-state index in [0.717, 1.165) is 19.6 Å². The summed E-state index contributed by atoms with van der Waals surface area (Å²) in [4.78, 5) is 17.0. The van der Waals surface area contributed by atoms with Gasteiger partial charge in [0, 0.05) is 38.4 Å². The van der Waals surface area contributed by atoms with Crippen molar-refractivity contribution in [2.45, 2.75) is 11.8 Å². The Bertz CT molecular complexity index is 1350. The first kappa shape index (κ1) is 27.2. The molecule has 1 N–H and O–H groups in total. The summed E-state index contributed by atoms with van der Waals surface area (Å²) < 4.78 is 39.0. The van der Waals surface area contributed by atoms with Gasteiger partial charge in [0.2, 0.25) is 0 Å². The summed E-state index contributed by atoms with van der Waals surface area (Å²) in [5.74, 6) is 1.03. The van der Waals surface area contributed by atoms with Crippen LogP contribution in [0.2, 0.25) is 0 Å². The molecule has 200 valence electrons. The monoisotopic (exact) mass is 535 g/mol. The fraction of sp³-hybridized carbons (Fsp3) is 0.276. The van der Waals surface area contributed by atoms with Crippen molar-refractivity contribution in [2.24, 2.45) is 0 Å². The van der Waals surface area contributed by atoms with Gasteiger partial charge in [-0.15, -0.1) is 0 Å². The maximum absolute atomic E-state index is 12.8. The highest BCUT2D eigenvalue weighted by atomic mass is 32.2. The van der Waals surface area contributed by atoms with Crippen molar-refractivity contribution >= 4 is 27.7 Å². The second-order valence-electron chi connectivity index (χ2n) is 9.04. The molecule has 0 radical (unpaired) electrons. The largest absolute Gasteiger partial charge is 0.497 e. The first-order chi connectivity index (χ1) is 18.3. The lowest BCUT2D eigenvalue weighted by Gasteiger charge is -2.34. The number of sulfonamides is 1. The molecule has 3 aromatic rings. The van der Waals surface area contributed by atoms with Crippen LogP contribution in [0.3, 0.4) is 0 Å². The maximum Gasteiger partial charge on any atom is 0.261 e. The van der Waals surface area contributed by atoms with Crippen LogP contribution in [0.4, 0.5) is 5.69 Å². The number of nitrogens with zero attached hydrogens (tertiary/aromatic N) is 2. The molecule has 9 heteroatoms. The summed E-state index contributed by atoms with van der Waals surface area (Å²) in [5.41, 5.74) is 2.24. The zero-order valence-electron chi connectivity index (χ0n) is 21.7. The van der Waals surface area contributed by atoms with E-state index in [1.165, 1.54) is 17.7 Å². The molecule has 3 aromatic carbocycles. The molecule has 1 fully saturated rings. The Labute approximate surface area is 224 Å². The van der Waals surface area contributed by atoms with Crippen molar-refractivity contribution in [2.75, 3.05) is 51.2 Å². The van der Waals surface area contributed by atoms with Gasteiger partial charge < -0.3 is 14.4 Å². The van der Waals surface area contributed by atoms with Gasteiger partial charge in [-0.1, -0.05) is 42.5 Å². The summed E-state index contributed by atoms with van der Waals surface area (Å²) in [6.07, 6.45) is 4.26. The van der Waals surface area contributed by atoms with Crippen molar-refractivity contribution in [1.29, 1.82) is 0 Å². The Morgan fingerprint density at radius 2 is 1.68 bits per heavy atom. The van der Waals surface area contributed by atoms with Crippen LogP contribution in [0.1, 0.15) is 11.1 Å². The van der Waals surface area contributed by atoms with Crippen LogP contribution in [0.15, 0.2) is 83.8 Å². The van der Waals surface area contributed by atoms with Crippen LogP contribution in [-0.4, -0.2) is 70.6 Å². The number of carbonyl (C=O) groups is 1. The quantitative estimate of drug-likeness (QED) is 0.422. The van der Waals surface area contributed by atoms with Gasteiger partial charge in [0.05, 0.1) is 12.0 Å². The molecule has 38 heavy (non-hydrogen) atoms. The van der Waals surface area contributed by atoms with E-state index in [1.54, 1.807) is 44.4 Å². The van der Waals surface area contributed by atoms with Gasteiger partial charge in [0.1, 0.15) is 11.5 Å². The Kier molecular flexibility index (Phi) is 9.04. The number of benzene rings is 3. The van der Waals surface area contributed by atoms with Gasteiger partial charge in [-0.3, -0.25) is 14.4 Å². The van der Waals surface area contributed by atoms with E-state index in [0.29, 0.717) is 35.8 Å². The smallest absolute Gasteiger partial charge is 0.261 e. The maximum atomic E-state index is 12.8. The average molecular weight is 536 g/mol. The number of anilines is 1. The number of methoxy groups -OCH3 is 1. The fourth-order valence-corrected chi connectivity index (χ4v) is 5.28. The second-order valence-corrected chi connectivity index (χ2v) is 10.7. The van der Waals surface area contributed by atoms with Crippen molar-refractivity contribution < 1.29 is 22.7 Å². The molecule has 1 heterocycles. The van der Waals surface area contributed by atoms with E-state index in [-0.39, 0.29) is 17.4 Å². The molecule has 0 bridgehead atoms. The van der Waals surface area contributed by atoms with Crippen LogP contribution in [0.25, 0.3) is 6.08 Å². The Hall–Kier alpha value is -3.82. The number of hydrogen-bond acceptors (Lipinski definition) is 6. The number of nitrogens with one attached hydrogen (secondary N) is 1. The minimum Gasteiger partial charge on any atom is -0.497 e. The molecule has 0 spiro atoms. The molecule has 0 saturated carbocycles. The lowest BCUT2D eigenvalue weighted by atomic mass is 10.2. The SMILES string of the molecule is COc1ccc(NS(=O)(=O)c2ccc(OCC(=O)N3CCN(C/C=C/c4ccccc4)CC3)c(C)c2)cc1. The summed E-state index contributed by atoms with van der Waals surface area (Å²) in [5, 5.41) is 0. The predicted octanol–water partition coefficient (Wildman–Crippen LogP) is 4.04. The number of carbonyl (C=O) groups excluding carboxylic acids is 1. The second kappa shape index (κ2) is 12.6. The van der Waals surface area contributed by atoms with Crippen molar-refractivity contribution in [3.63, 3.8) is 0 Å². The summed E-state index contributed by atoms with van der Waals surface area (Å²) in [6.45, 7) is 5.41. The molecule has 1 aliphatic rings. The molecule has 0 atom stereocenters. The Balaban J connectivity index is 1.25. The van der Waals surface area contributed by atoms with E-state index in [2.05, 4.69) is 33.9 Å². The lowest BCUT2D eigenvalue weighted by molar-refractivity contribution is -0.135. The fourth-order valence-electron chi connectivity index (χ4n) is 4.14. The van der Waals surface area contributed by atoms with Crippen LogP contribution in [0, 0.1) is 6.92 Å². The summed E-state index contributed by atoms with van der Waals surface area (Å²) >= 11 is 0. The van der Waals surface area contributed by atoms with Crippen LogP contribution >= 0.6 is 0 Å². The zero-order valence-corrected chi connectivity index (χ0v) is 22.5. The summed E-state index contributed by atoms with van der Waals surface area (Å²) in [6, 6.07) is 21.4. The molecular formula is C29H33N3O5S. The van der Waals surface area contributed by atoms with Gasteiger partial charge in [-0.05, 0) is 60.5 Å². The van der Waals surface area contributed by atoms with Crippen molar-refractivity contribution in [3.05, 3.63) is 90.0 Å². The summed E-state index contributed by atoms with van der Waals surface area (Å²) in [7, 11) is -2.23. The highest BCUT2D eigenvalue weighted by Crippen LogP contribution is 2.24. The van der Waals surface area contributed by atoms with Gasteiger partial charge >= 0.3 is 0 Å². The highest BCUT2D eigenvalue weighted by Gasteiger charge is 2.21. The molecule has 0 aromatic heterocycles. The van der Waals surface area contributed by atoms with Crippen molar-refractivity contribution in [3.8, 4) is 11.5 Å². The minimum absolute atomic E-state index is 0.0817. The van der Waals surface area contributed by atoms with E-state index in [1.807, 2.05) is 23.1 Å². The van der Waals surface area contributed by atoms with E-state index in [9.17, 15) is 13.2 Å². The third kappa shape index (κ3) is 7.36. The standard InChI is InChI=1S/C29H33N3O5S/c1-23-21-27(38(34,35)30-25-10-12-26(36-2)13-11-25)14-15-28(23)37-22-29(33)32-19-17-31(18-20-32)16-6-9-24-7-4-3-5-8-24/h3-15,21,30H,16-20,22H2,1-2H3/b9-6+. The number of hydrogen-bond donors (Lipinski definition) is 1. The van der Waals surface area contributed by atoms with Crippen molar-refractivity contribution in [1.82, 2.24) is 9.80 Å². The number of amides is 1. The van der Waals surface area contributed by atoms with E-state index >= 15 is 0 Å². The first-order valence-electron chi connectivity index (χ1n) is 12.5.